The molecule has 1 aromatic rings. The SMILES string of the molecule is COc1c(N)cc(C=O)cc1CN(C)C. The van der Waals surface area contributed by atoms with Crippen LogP contribution in [0.25, 0.3) is 0 Å². The van der Waals surface area contributed by atoms with Crippen molar-refractivity contribution in [3.05, 3.63) is 23.3 Å². The lowest BCUT2D eigenvalue weighted by Gasteiger charge is -2.15. The van der Waals surface area contributed by atoms with Gasteiger partial charge in [-0.3, -0.25) is 4.79 Å². The summed E-state index contributed by atoms with van der Waals surface area (Å²) >= 11 is 0. The van der Waals surface area contributed by atoms with Gasteiger partial charge in [0.25, 0.3) is 0 Å². The van der Waals surface area contributed by atoms with E-state index >= 15 is 0 Å². The van der Waals surface area contributed by atoms with Crippen molar-refractivity contribution in [2.75, 3.05) is 26.9 Å². The summed E-state index contributed by atoms with van der Waals surface area (Å²) in [4.78, 5) is 12.7. The maximum atomic E-state index is 10.7. The van der Waals surface area contributed by atoms with Gasteiger partial charge in [-0.15, -0.1) is 0 Å². The highest BCUT2D eigenvalue weighted by atomic mass is 16.5. The Morgan fingerprint density at radius 2 is 2.13 bits per heavy atom. The first-order valence-electron chi connectivity index (χ1n) is 4.64. The van der Waals surface area contributed by atoms with Gasteiger partial charge >= 0.3 is 0 Å². The molecule has 0 aliphatic carbocycles. The van der Waals surface area contributed by atoms with Crippen LogP contribution in [0, 0.1) is 0 Å². The summed E-state index contributed by atoms with van der Waals surface area (Å²) in [5.74, 6) is 0.648. The first-order valence-corrected chi connectivity index (χ1v) is 4.64. The molecule has 4 heteroatoms. The fraction of sp³-hybridized carbons (Fsp3) is 0.364. The van der Waals surface area contributed by atoms with Crippen molar-refractivity contribution < 1.29 is 9.53 Å². The summed E-state index contributed by atoms with van der Waals surface area (Å²) < 4.78 is 5.21. The summed E-state index contributed by atoms with van der Waals surface area (Å²) in [5.41, 5.74) is 7.78. The summed E-state index contributed by atoms with van der Waals surface area (Å²) in [6.07, 6.45) is 0.787. The molecule has 0 aliphatic heterocycles. The van der Waals surface area contributed by atoms with Crippen molar-refractivity contribution in [2.24, 2.45) is 0 Å². The second kappa shape index (κ2) is 4.79. The van der Waals surface area contributed by atoms with Crippen LogP contribution in [0.4, 0.5) is 5.69 Å². The van der Waals surface area contributed by atoms with Gasteiger partial charge in [-0.1, -0.05) is 0 Å². The molecule has 2 N–H and O–H groups in total. The smallest absolute Gasteiger partial charge is 0.150 e. The molecule has 82 valence electrons. The zero-order valence-corrected chi connectivity index (χ0v) is 9.28. The molecule has 0 spiro atoms. The minimum absolute atomic E-state index is 0.499. The van der Waals surface area contributed by atoms with E-state index in [-0.39, 0.29) is 0 Å². The molecule has 0 bridgehead atoms. The Morgan fingerprint density at radius 1 is 1.47 bits per heavy atom. The third-order valence-corrected chi connectivity index (χ3v) is 2.04. The van der Waals surface area contributed by atoms with Gasteiger partial charge in [-0.05, 0) is 26.2 Å². The maximum absolute atomic E-state index is 10.7. The van der Waals surface area contributed by atoms with Gasteiger partial charge < -0.3 is 15.4 Å². The minimum Gasteiger partial charge on any atom is -0.494 e. The van der Waals surface area contributed by atoms with Gasteiger partial charge in [-0.25, -0.2) is 0 Å². The number of nitrogen functional groups attached to an aromatic ring is 1. The Morgan fingerprint density at radius 3 is 2.60 bits per heavy atom. The van der Waals surface area contributed by atoms with Crippen LogP contribution in [0.1, 0.15) is 15.9 Å². The molecule has 1 rings (SSSR count). The number of benzene rings is 1. The zero-order chi connectivity index (χ0) is 11.4. The lowest BCUT2D eigenvalue weighted by molar-refractivity contribution is 0.112. The fourth-order valence-electron chi connectivity index (χ4n) is 1.51. The molecule has 4 nitrogen and oxygen atoms in total. The highest BCUT2D eigenvalue weighted by Crippen LogP contribution is 2.28. The topological polar surface area (TPSA) is 55.6 Å². The molecule has 0 heterocycles. The average molecular weight is 208 g/mol. The summed E-state index contributed by atoms with van der Waals surface area (Å²) in [5, 5.41) is 0. The van der Waals surface area contributed by atoms with E-state index < -0.39 is 0 Å². The van der Waals surface area contributed by atoms with Crippen LogP contribution in [0.2, 0.25) is 0 Å². The van der Waals surface area contributed by atoms with Gasteiger partial charge in [0, 0.05) is 17.7 Å². The number of carbonyl (C=O) groups excluding carboxylic acids is 1. The van der Waals surface area contributed by atoms with Crippen LogP contribution in [0.5, 0.6) is 5.75 Å². The normalized spacial score (nSPS) is 10.4. The van der Waals surface area contributed by atoms with Crippen LogP contribution in [-0.4, -0.2) is 32.4 Å². The van der Waals surface area contributed by atoms with Crippen LogP contribution in [0.15, 0.2) is 12.1 Å². The molecule has 0 saturated carbocycles. The van der Waals surface area contributed by atoms with E-state index in [0.29, 0.717) is 23.5 Å². The molecule has 1 aromatic carbocycles. The highest BCUT2D eigenvalue weighted by molar-refractivity contribution is 5.79. The monoisotopic (exact) mass is 208 g/mol. The lowest BCUT2D eigenvalue weighted by atomic mass is 10.1. The molecule has 0 aliphatic rings. The molecule has 0 aromatic heterocycles. The standard InChI is InChI=1S/C11H16N2O2/c1-13(2)6-9-4-8(7-14)5-10(12)11(9)15-3/h4-5,7H,6,12H2,1-3H3. The lowest BCUT2D eigenvalue weighted by Crippen LogP contribution is -2.12. The van der Waals surface area contributed by atoms with Crippen molar-refractivity contribution in [1.82, 2.24) is 4.90 Å². The Hall–Kier alpha value is -1.55. The Bertz CT molecular complexity index is 362. The zero-order valence-electron chi connectivity index (χ0n) is 9.28. The van der Waals surface area contributed by atoms with Crippen molar-refractivity contribution in [3.63, 3.8) is 0 Å². The van der Waals surface area contributed by atoms with E-state index in [4.69, 9.17) is 10.5 Å². The summed E-state index contributed by atoms with van der Waals surface area (Å²) in [6.45, 7) is 0.690. The first kappa shape index (κ1) is 11.5. The molecular formula is C11H16N2O2. The molecule has 0 atom stereocenters. The quantitative estimate of drug-likeness (QED) is 0.595. The number of nitrogens with zero attached hydrogens (tertiary/aromatic N) is 1. The highest BCUT2D eigenvalue weighted by Gasteiger charge is 2.09. The number of rotatable bonds is 4. The summed E-state index contributed by atoms with van der Waals surface area (Å²) in [7, 11) is 5.47. The van der Waals surface area contributed by atoms with Crippen LogP contribution in [0.3, 0.4) is 0 Å². The van der Waals surface area contributed by atoms with Crippen LogP contribution >= 0.6 is 0 Å². The third kappa shape index (κ3) is 2.70. The Balaban J connectivity index is 3.19. The van der Waals surface area contributed by atoms with E-state index in [0.717, 1.165) is 11.8 Å². The van der Waals surface area contributed by atoms with E-state index in [1.165, 1.54) is 0 Å². The Labute approximate surface area is 89.6 Å². The van der Waals surface area contributed by atoms with Crippen molar-refractivity contribution >= 4 is 12.0 Å². The molecule has 0 saturated heterocycles. The molecule has 0 radical (unpaired) electrons. The van der Waals surface area contributed by atoms with Gasteiger partial charge in [-0.2, -0.15) is 0 Å². The second-order valence-corrected chi connectivity index (χ2v) is 3.66. The Kier molecular flexibility index (Phi) is 3.68. The number of aldehydes is 1. The van der Waals surface area contributed by atoms with Gasteiger partial charge in [0.2, 0.25) is 0 Å². The van der Waals surface area contributed by atoms with Gasteiger partial charge in [0.05, 0.1) is 12.8 Å². The largest absolute Gasteiger partial charge is 0.494 e. The molecule has 0 fully saturated rings. The number of nitrogens with two attached hydrogens (primary N) is 1. The van der Waals surface area contributed by atoms with Gasteiger partial charge in [0.1, 0.15) is 12.0 Å². The maximum Gasteiger partial charge on any atom is 0.150 e. The summed E-state index contributed by atoms with van der Waals surface area (Å²) in [6, 6.07) is 3.41. The third-order valence-electron chi connectivity index (χ3n) is 2.04. The number of methoxy groups -OCH3 is 1. The molecular weight excluding hydrogens is 192 g/mol. The van der Waals surface area contributed by atoms with Crippen molar-refractivity contribution in [3.8, 4) is 5.75 Å². The number of ether oxygens (including phenoxy) is 1. The van der Waals surface area contributed by atoms with Crippen molar-refractivity contribution in [2.45, 2.75) is 6.54 Å². The molecule has 0 amide bonds. The van der Waals surface area contributed by atoms with Crippen LogP contribution in [-0.2, 0) is 6.54 Å². The number of anilines is 1. The van der Waals surface area contributed by atoms with E-state index in [1.807, 2.05) is 19.0 Å². The van der Waals surface area contributed by atoms with Crippen LogP contribution < -0.4 is 10.5 Å². The van der Waals surface area contributed by atoms with Crippen molar-refractivity contribution in [1.29, 1.82) is 0 Å². The van der Waals surface area contributed by atoms with E-state index in [1.54, 1.807) is 19.2 Å². The predicted octanol–water partition coefficient (Wildman–Crippen LogP) is 1.15. The average Bonchev–Trinajstić information content (AvgIpc) is 2.16. The molecule has 15 heavy (non-hydrogen) atoms. The van der Waals surface area contributed by atoms with Gasteiger partial charge in [0.15, 0.2) is 0 Å². The second-order valence-electron chi connectivity index (χ2n) is 3.66. The van der Waals surface area contributed by atoms with E-state index in [2.05, 4.69) is 0 Å². The number of hydrogen-bond acceptors (Lipinski definition) is 4. The van der Waals surface area contributed by atoms with E-state index in [9.17, 15) is 4.79 Å². The molecule has 0 unspecified atom stereocenters. The number of hydrogen-bond donors (Lipinski definition) is 1. The fourth-order valence-corrected chi connectivity index (χ4v) is 1.51. The number of carbonyl (C=O) groups is 1. The predicted molar refractivity (Wildman–Crippen MR) is 60.2 cm³/mol. The minimum atomic E-state index is 0.499. The first-order chi connectivity index (χ1) is 7.08.